The molecule has 1 N–H and O–H groups in total. The summed E-state index contributed by atoms with van der Waals surface area (Å²) in [7, 11) is 0. The molecule has 3 heteroatoms. The van der Waals surface area contributed by atoms with Crippen molar-refractivity contribution < 1.29 is 14.2 Å². The van der Waals surface area contributed by atoms with Gasteiger partial charge in [0, 0.05) is 6.07 Å². The van der Waals surface area contributed by atoms with Crippen LogP contribution in [0.5, 0.6) is 11.5 Å². The van der Waals surface area contributed by atoms with Crippen LogP contribution in [-0.2, 0) is 0 Å². The number of halogens is 1. The third kappa shape index (κ3) is 1.67. The number of rotatable bonds is 2. The van der Waals surface area contributed by atoms with Crippen molar-refractivity contribution >= 4 is 0 Å². The Morgan fingerprint density at radius 3 is 2.67 bits per heavy atom. The molecular formula is C9H11FO2. The van der Waals surface area contributed by atoms with E-state index in [0.717, 1.165) is 11.1 Å². The molecule has 1 aromatic rings. The first-order valence-electron chi connectivity index (χ1n) is 3.64. The number of benzene rings is 1. The van der Waals surface area contributed by atoms with Crippen molar-refractivity contribution in [2.75, 3.05) is 6.86 Å². The van der Waals surface area contributed by atoms with E-state index in [1.54, 1.807) is 6.07 Å². The van der Waals surface area contributed by atoms with Gasteiger partial charge in [0.1, 0.15) is 11.5 Å². The van der Waals surface area contributed by atoms with Crippen molar-refractivity contribution in [2.45, 2.75) is 13.8 Å². The summed E-state index contributed by atoms with van der Waals surface area (Å²) in [6.07, 6.45) is 0. The Morgan fingerprint density at radius 1 is 1.42 bits per heavy atom. The molecule has 0 saturated heterocycles. The maximum Gasteiger partial charge on any atom is 0.228 e. The number of aromatic hydroxyl groups is 1. The van der Waals surface area contributed by atoms with Crippen LogP contribution in [0.3, 0.4) is 0 Å². The Kier molecular flexibility index (Phi) is 2.53. The molecule has 1 rings (SSSR count). The lowest BCUT2D eigenvalue weighted by atomic mass is 10.1. The molecule has 12 heavy (non-hydrogen) atoms. The van der Waals surface area contributed by atoms with Gasteiger partial charge < -0.3 is 9.84 Å². The highest BCUT2D eigenvalue weighted by Gasteiger charge is 2.04. The maximum atomic E-state index is 11.8. The van der Waals surface area contributed by atoms with E-state index in [2.05, 4.69) is 4.74 Å². The minimum absolute atomic E-state index is 0.0987. The lowest BCUT2D eigenvalue weighted by Gasteiger charge is -2.08. The van der Waals surface area contributed by atoms with Crippen molar-refractivity contribution in [3.63, 3.8) is 0 Å². The van der Waals surface area contributed by atoms with E-state index in [1.165, 1.54) is 6.07 Å². The summed E-state index contributed by atoms with van der Waals surface area (Å²) in [6.45, 7) is 2.78. The van der Waals surface area contributed by atoms with Crippen LogP contribution >= 0.6 is 0 Å². The number of alkyl halides is 1. The molecule has 0 bridgehead atoms. The topological polar surface area (TPSA) is 29.5 Å². The van der Waals surface area contributed by atoms with Gasteiger partial charge in [0.05, 0.1) is 0 Å². The third-order valence-electron chi connectivity index (χ3n) is 1.81. The van der Waals surface area contributed by atoms with Crippen LogP contribution in [0.2, 0.25) is 0 Å². The zero-order valence-corrected chi connectivity index (χ0v) is 7.10. The molecule has 2 nitrogen and oxygen atoms in total. The molecule has 0 saturated carbocycles. The van der Waals surface area contributed by atoms with Crippen molar-refractivity contribution in [3.8, 4) is 11.5 Å². The summed E-state index contributed by atoms with van der Waals surface area (Å²) in [5.41, 5.74) is 1.74. The minimum atomic E-state index is -0.871. The zero-order chi connectivity index (χ0) is 9.14. The van der Waals surface area contributed by atoms with Crippen molar-refractivity contribution in [1.29, 1.82) is 0 Å². The van der Waals surface area contributed by atoms with Gasteiger partial charge in [0.2, 0.25) is 6.86 Å². The van der Waals surface area contributed by atoms with Gasteiger partial charge in [-0.25, -0.2) is 4.39 Å². The van der Waals surface area contributed by atoms with E-state index in [0.29, 0.717) is 5.75 Å². The average molecular weight is 170 g/mol. The quantitative estimate of drug-likeness (QED) is 0.738. The molecule has 0 atom stereocenters. The lowest BCUT2D eigenvalue weighted by molar-refractivity contribution is 0.190. The van der Waals surface area contributed by atoms with Gasteiger partial charge >= 0.3 is 0 Å². The molecule has 0 aliphatic carbocycles. The van der Waals surface area contributed by atoms with E-state index in [1.807, 2.05) is 13.8 Å². The molecule has 1 aromatic carbocycles. The first-order chi connectivity index (χ1) is 5.65. The van der Waals surface area contributed by atoms with E-state index in [-0.39, 0.29) is 5.75 Å². The average Bonchev–Trinajstić information content (AvgIpc) is 2.00. The summed E-state index contributed by atoms with van der Waals surface area (Å²) in [4.78, 5) is 0. The van der Waals surface area contributed by atoms with Gasteiger partial charge in [-0.1, -0.05) is 0 Å². The first-order valence-corrected chi connectivity index (χ1v) is 3.64. The van der Waals surface area contributed by atoms with Crippen LogP contribution in [0, 0.1) is 13.8 Å². The van der Waals surface area contributed by atoms with Crippen molar-refractivity contribution in [2.24, 2.45) is 0 Å². The Morgan fingerprint density at radius 2 is 2.08 bits per heavy atom. The van der Waals surface area contributed by atoms with E-state index >= 15 is 0 Å². The summed E-state index contributed by atoms with van der Waals surface area (Å²) in [6, 6.07) is 3.02. The fraction of sp³-hybridized carbons (Fsp3) is 0.333. The SMILES string of the molecule is Cc1cc(O)cc(OCF)c1C. The molecule has 0 amide bonds. The molecule has 0 aliphatic rings. The van der Waals surface area contributed by atoms with E-state index in [4.69, 9.17) is 5.11 Å². The standard InChI is InChI=1S/C9H11FO2/c1-6-3-8(11)4-9(7(6)2)12-5-10/h3-4,11H,5H2,1-2H3. The van der Waals surface area contributed by atoms with Gasteiger partial charge in [-0.05, 0) is 31.0 Å². The molecule has 66 valence electrons. The molecule has 0 aromatic heterocycles. The molecule has 0 radical (unpaired) electrons. The zero-order valence-electron chi connectivity index (χ0n) is 7.10. The number of phenols is 1. The normalized spacial score (nSPS) is 9.92. The predicted molar refractivity (Wildman–Crippen MR) is 44.2 cm³/mol. The van der Waals surface area contributed by atoms with E-state index < -0.39 is 6.86 Å². The van der Waals surface area contributed by atoms with Crippen LogP contribution in [0.25, 0.3) is 0 Å². The summed E-state index contributed by atoms with van der Waals surface area (Å²) in [5, 5.41) is 9.14. The third-order valence-corrected chi connectivity index (χ3v) is 1.81. The number of aryl methyl sites for hydroxylation is 1. The second-order valence-corrected chi connectivity index (χ2v) is 2.64. The monoisotopic (exact) mass is 170 g/mol. The largest absolute Gasteiger partial charge is 0.508 e. The molecule has 0 fully saturated rings. The number of hydrogen-bond acceptors (Lipinski definition) is 2. The van der Waals surface area contributed by atoms with Crippen molar-refractivity contribution in [1.82, 2.24) is 0 Å². The van der Waals surface area contributed by atoms with Crippen LogP contribution in [0.15, 0.2) is 12.1 Å². The van der Waals surface area contributed by atoms with Gasteiger partial charge in [0.25, 0.3) is 0 Å². The highest BCUT2D eigenvalue weighted by molar-refractivity contribution is 5.44. The second-order valence-electron chi connectivity index (χ2n) is 2.64. The predicted octanol–water partition coefficient (Wildman–Crippen LogP) is 2.31. The smallest absolute Gasteiger partial charge is 0.228 e. The Balaban J connectivity index is 3.09. The fourth-order valence-corrected chi connectivity index (χ4v) is 1.02. The van der Waals surface area contributed by atoms with Gasteiger partial charge in [-0.15, -0.1) is 0 Å². The van der Waals surface area contributed by atoms with Gasteiger partial charge in [-0.2, -0.15) is 0 Å². The highest BCUT2D eigenvalue weighted by atomic mass is 19.1. The minimum Gasteiger partial charge on any atom is -0.508 e. The molecule has 0 heterocycles. The number of phenolic OH excluding ortho intramolecular Hbond substituents is 1. The summed E-state index contributed by atoms with van der Waals surface area (Å²) >= 11 is 0. The van der Waals surface area contributed by atoms with Crippen LogP contribution in [-0.4, -0.2) is 12.0 Å². The van der Waals surface area contributed by atoms with Gasteiger partial charge in [0.15, 0.2) is 0 Å². The Hall–Kier alpha value is -1.25. The lowest BCUT2D eigenvalue weighted by Crippen LogP contribution is -1.94. The second kappa shape index (κ2) is 3.43. The van der Waals surface area contributed by atoms with Gasteiger partial charge in [-0.3, -0.25) is 0 Å². The Bertz CT molecular complexity index is 284. The van der Waals surface area contributed by atoms with Crippen LogP contribution in [0.1, 0.15) is 11.1 Å². The maximum absolute atomic E-state index is 11.8. The molecular weight excluding hydrogens is 159 g/mol. The highest BCUT2D eigenvalue weighted by Crippen LogP contribution is 2.26. The number of ether oxygens (including phenoxy) is 1. The molecule has 0 unspecified atom stereocenters. The first kappa shape index (κ1) is 8.84. The summed E-state index contributed by atoms with van der Waals surface area (Å²) < 4.78 is 16.5. The molecule has 0 aliphatic heterocycles. The van der Waals surface area contributed by atoms with Crippen molar-refractivity contribution in [3.05, 3.63) is 23.3 Å². The fourth-order valence-electron chi connectivity index (χ4n) is 1.02. The van der Waals surface area contributed by atoms with E-state index in [9.17, 15) is 4.39 Å². The molecule has 0 spiro atoms. The van der Waals surface area contributed by atoms with Crippen LogP contribution in [0.4, 0.5) is 4.39 Å². The van der Waals surface area contributed by atoms with Crippen LogP contribution < -0.4 is 4.74 Å². The Labute approximate surface area is 70.6 Å². The summed E-state index contributed by atoms with van der Waals surface area (Å²) in [5.74, 6) is 0.497. The number of hydrogen-bond donors (Lipinski definition) is 1.